The third kappa shape index (κ3) is 4.30. The second-order valence-electron chi connectivity index (χ2n) is 12.8. The molecule has 0 saturated heterocycles. The molecule has 0 radical (unpaired) electrons. The molecule has 0 atom stereocenters. The molecule has 4 aromatic heterocycles. The molecular formula is C45H26N4OS. The lowest BCUT2D eigenvalue weighted by Gasteiger charge is -2.10. The first-order valence-electron chi connectivity index (χ1n) is 16.9. The molecule has 4 heterocycles. The van der Waals surface area contributed by atoms with Gasteiger partial charge in [-0.15, -0.1) is 11.3 Å². The molecule has 0 aliphatic rings. The van der Waals surface area contributed by atoms with Gasteiger partial charge in [-0.3, -0.25) is 0 Å². The number of furan rings is 1. The smallest absolute Gasteiger partial charge is 0.165 e. The van der Waals surface area contributed by atoms with E-state index in [1.54, 1.807) is 11.3 Å². The Morgan fingerprint density at radius 1 is 0.451 bits per heavy atom. The van der Waals surface area contributed by atoms with Crippen LogP contribution in [0.4, 0.5) is 0 Å². The quantitative estimate of drug-likeness (QED) is 0.187. The second kappa shape index (κ2) is 10.9. The predicted octanol–water partition coefficient (Wildman–Crippen LogP) is 12.2. The molecule has 11 rings (SSSR count). The van der Waals surface area contributed by atoms with Crippen molar-refractivity contribution in [3.05, 3.63) is 158 Å². The molecule has 0 bridgehead atoms. The van der Waals surface area contributed by atoms with E-state index in [0.717, 1.165) is 55.3 Å². The first kappa shape index (κ1) is 28.2. The van der Waals surface area contributed by atoms with Crippen LogP contribution in [0.1, 0.15) is 0 Å². The molecule has 0 fully saturated rings. The van der Waals surface area contributed by atoms with E-state index in [1.165, 1.54) is 30.9 Å². The molecule has 0 saturated carbocycles. The molecule has 0 aliphatic heterocycles. The molecule has 0 aliphatic carbocycles. The highest BCUT2D eigenvalue weighted by Crippen LogP contribution is 2.41. The molecule has 0 N–H and O–H groups in total. The highest BCUT2D eigenvalue weighted by atomic mass is 32.1. The van der Waals surface area contributed by atoms with Crippen LogP contribution in [-0.4, -0.2) is 19.5 Å². The lowest BCUT2D eigenvalue weighted by molar-refractivity contribution is 0.669. The van der Waals surface area contributed by atoms with Gasteiger partial charge in [0.25, 0.3) is 0 Å². The fourth-order valence-electron chi connectivity index (χ4n) is 7.58. The van der Waals surface area contributed by atoms with Gasteiger partial charge < -0.3 is 8.98 Å². The maximum Gasteiger partial charge on any atom is 0.165 e. The molecular weight excluding hydrogens is 645 g/mol. The van der Waals surface area contributed by atoms with E-state index in [2.05, 4.69) is 120 Å². The van der Waals surface area contributed by atoms with Crippen molar-refractivity contribution in [3.8, 4) is 39.9 Å². The third-order valence-corrected chi connectivity index (χ3v) is 11.1. The Morgan fingerprint density at radius 3 is 1.90 bits per heavy atom. The molecule has 0 amide bonds. The first-order valence-corrected chi connectivity index (χ1v) is 17.8. The number of fused-ring (bicyclic) bond motifs is 9. The normalized spacial score (nSPS) is 11.9. The topological polar surface area (TPSA) is 56.7 Å². The minimum absolute atomic E-state index is 0.613. The van der Waals surface area contributed by atoms with E-state index in [-0.39, 0.29) is 0 Å². The van der Waals surface area contributed by atoms with Crippen molar-refractivity contribution in [1.29, 1.82) is 0 Å². The lowest BCUT2D eigenvalue weighted by atomic mass is 10.1. The number of hydrogen-bond donors (Lipinski definition) is 0. The van der Waals surface area contributed by atoms with Gasteiger partial charge in [-0.05, 0) is 54.6 Å². The summed E-state index contributed by atoms with van der Waals surface area (Å²) < 4.78 is 11.3. The number of nitrogens with zero attached hydrogens (tertiary/aromatic N) is 4. The summed E-state index contributed by atoms with van der Waals surface area (Å²) in [5, 5.41) is 6.95. The highest BCUT2D eigenvalue weighted by Gasteiger charge is 2.20. The molecule has 0 spiro atoms. The van der Waals surface area contributed by atoms with Crippen LogP contribution >= 0.6 is 11.3 Å². The zero-order valence-corrected chi connectivity index (χ0v) is 27.9. The van der Waals surface area contributed by atoms with Crippen molar-refractivity contribution >= 4 is 75.3 Å². The van der Waals surface area contributed by atoms with Gasteiger partial charge in [0.1, 0.15) is 11.2 Å². The van der Waals surface area contributed by atoms with Crippen LogP contribution in [0.2, 0.25) is 0 Å². The molecule has 7 aromatic carbocycles. The van der Waals surface area contributed by atoms with E-state index in [1.807, 2.05) is 42.5 Å². The van der Waals surface area contributed by atoms with Crippen molar-refractivity contribution in [2.24, 2.45) is 0 Å². The fraction of sp³-hybridized carbons (Fsp3) is 0. The summed E-state index contributed by atoms with van der Waals surface area (Å²) in [6.07, 6.45) is 0. The lowest BCUT2D eigenvalue weighted by Crippen LogP contribution is -2.00. The van der Waals surface area contributed by atoms with Gasteiger partial charge in [0, 0.05) is 53.0 Å². The van der Waals surface area contributed by atoms with Gasteiger partial charge in [0.15, 0.2) is 17.5 Å². The average molecular weight is 671 g/mol. The zero-order valence-electron chi connectivity index (χ0n) is 27.1. The van der Waals surface area contributed by atoms with Crippen LogP contribution in [0.25, 0.3) is 104 Å². The predicted molar refractivity (Wildman–Crippen MR) is 211 cm³/mol. The van der Waals surface area contributed by atoms with Crippen molar-refractivity contribution in [3.63, 3.8) is 0 Å². The van der Waals surface area contributed by atoms with Crippen molar-refractivity contribution < 1.29 is 4.42 Å². The second-order valence-corrected chi connectivity index (χ2v) is 13.8. The number of aromatic nitrogens is 4. The van der Waals surface area contributed by atoms with Crippen LogP contribution in [0, 0.1) is 0 Å². The van der Waals surface area contributed by atoms with Crippen LogP contribution in [0.5, 0.6) is 0 Å². The summed E-state index contributed by atoms with van der Waals surface area (Å²) in [6.45, 7) is 0. The number of benzene rings is 7. The van der Waals surface area contributed by atoms with E-state index in [0.29, 0.717) is 17.5 Å². The summed E-state index contributed by atoms with van der Waals surface area (Å²) in [6, 6.07) is 54.9. The Kier molecular flexibility index (Phi) is 6.05. The molecule has 238 valence electrons. The van der Waals surface area contributed by atoms with Crippen molar-refractivity contribution in [2.75, 3.05) is 0 Å². The Balaban J connectivity index is 1.16. The van der Waals surface area contributed by atoms with Crippen LogP contribution in [-0.2, 0) is 0 Å². The van der Waals surface area contributed by atoms with Crippen molar-refractivity contribution in [1.82, 2.24) is 19.5 Å². The van der Waals surface area contributed by atoms with Gasteiger partial charge >= 0.3 is 0 Å². The molecule has 11 aromatic rings. The molecule has 51 heavy (non-hydrogen) atoms. The Hall–Kier alpha value is -6.63. The average Bonchev–Trinajstić information content (AvgIpc) is 3.87. The zero-order chi connectivity index (χ0) is 33.5. The molecule has 0 unspecified atom stereocenters. The Morgan fingerprint density at radius 2 is 1.10 bits per heavy atom. The highest BCUT2D eigenvalue weighted by molar-refractivity contribution is 7.26. The standard InChI is InChI=1S/C45H26N4OS/c1-2-12-27(13-3-1)43-46-44(48-45(47-43)33-18-10-17-32-31-16-6-9-23-40(31)51-42(32)33)28-24-25-38-34(26-28)41-37(21-11-22-39(41)50-38)49-35-19-7-4-14-29(35)30-15-5-8-20-36(30)49/h1-26H. The summed E-state index contributed by atoms with van der Waals surface area (Å²) in [5.41, 5.74) is 7.86. The van der Waals surface area contributed by atoms with Crippen LogP contribution < -0.4 is 0 Å². The Bertz CT molecular complexity index is 3100. The van der Waals surface area contributed by atoms with Gasteiger partial charge in [-0.2, -0.15) is 0 Å². The van der Waals surface area contributed by atoms with E-state index < -0.39 is 0 Å². The summed E-state index contributed by atoms with van der Waals surface area (Å²) >= 11 is 1.78. The summed E-state index contributed by atoms with van der Waals surface area (Å²) in [7, 11) is 0. The SMILES string of the molecule is c1ccc(-c2nc(-c3ccc4oc5cccc(-n6c7ccccc7c7ccccc76)c5c4c3)nc(-c3cccc4c3sc3ccccc34)n2)cc1. The van der Waals surface area contributed by atoms with Gasteiger partial charge in [0.05, 0.1) is 22.1 Å². The summed E-state index contributed by atoms with van der Waals surface area (Å²) in [5.74, 6) is 1.90. The number of para-hydroxylation sites is 2. The van der Waals surface area contributed by atoms with E-state index in [4.69, 9.17) is 19.4 Å². The molecule has 5 nitrogen and oxygen atoms in total. The minimum Gasteiger partial charge on any atom is -0.456 e. The third-order valence-electron chi connectivity index (χ3n) is 9.86. The largest absolute Gasteiger partial charge is 0.456 e. The number of rotatable bonds is 4. The van der Waals surface area contributed by atoms with E-state index >= 15 is 0 Å². The van der Waals surface area contributed by atoms with Gasteiger partial charge in [-0.1, -0.05) is 103 Å². The van der Waals surface area contributed by atoms with Crippen molar-refractivity contribution in [2.45, 2.75) is 0 Å². The molecule has 6 heteroatoms. The van der Waals surface area contributed by atoms with Crippen LogP contribution in [0.15, 0.2) is 162 Å². The summed E-state index contributed by atoms with van der Waals surface area (Å²) in [4.78, 5) is 15.4. The number of hydrogen-bond acceptors (Lipinski definition) is 5. The van der Waals surface area contributed by atoms with Crippen LogP contribution in [0.3, 0.4) is 0 Å². The van der Waals surface area contributed by atoms with Gasteiger partial charge in [-0.25, -0.2) is 15.0 Å². The first-order chi connectivity index (χ1) is 25.3. The maximum absolute atomic E-state index is 6.50. The number of thiophene rings is 1. The maximum atomic E-state index is 6.50. The van der Waals surface area contributed by atoms with Gasteiger partial charge in [0.2, 0.25) is 0 Å². The fourth-order valence-corrected chi connectivity index (χ4v) is 8.79. The Labute approximate surface area is 295 Å². The minimum atomic E-state index is 0.613. The monoisotopic (exact) mass is 670 g/mol. The van der Waals surface area contributed by atoms with E-state index in [9.17, 15) is 0 Å².